The summed E-state index contributed by atoms with van der Waals surface area (Å²) in [5, 5.41) is 13.8. The first-order valence-electron chi connectivity index (χ1n) is 14.4. The molecule has 0 spiro atoms. The van der Waals surface area contributed by atoms with Crippen molar-refractivity contribution < 1.29 is 39.5 Å². The van der Waals surface area contributed by atoms with Crippen LogP contribution in [0.5, 0.6) is 17.2 Å². The van der Waals surface area contributed by atoms with Crippen LogP contribution in [-0.2, 0) is 30.1 Å². The highest BCUT2D eigenvalue weighted by molar-refractivity contribution is 7.89. The quantitative estimate of drug-likeness (QED) is 0.150. The van der Waals surface area contributed by atoms with Gasteiger partial charge in [-0.05, 0) is 43.4 Å². The van der Waals surface area contributed by atoms with E-state index >= 15 is 0 Å². The van der Waals surface area contributed by atoms with Crippen LogP contribution in [0.4, 0.5) is 17.1 Å². The molecule has 0 fully saturated rings. The van der Waals surface area contributed by atoms with Gasteiger partial charge in [0, 0.05) is 32.3 Å². The molecule has 0 aliphatic heterocycles. The van der Waals surface area contributed by atoms with E-state index in [1.54, 1.807) is 18.2 Å². The van der Waals surface area contributed by atoms with E-state index in [9.17, 15) is 25.3 Å². The number of benzene rings is 3. The van der Waals surface area contributed by atoms with Gasteiger partial charge < -0.3 is 30.2 Å². The molecule has 3 rings (SSSR count). The van der Waals surface area contributed by atoms with E-state index in [0.29, 0.717) is 53.9 Å². The zero-order valence-corrected chi connectivity index (χ0v) is 31.4. The first-order valence-corrected chi connectivity index (χ1v) is 18.9. The van der Waals surface area contributed by atoms with E-state index < -0.39 is 30.1 Å². The van der Waals surface area contributed by atoms with Crippen molar-refractivity contribution in [2.75, 3.05) is 78.1 Å². The maximum absolute atomic E-state index is 11.9. The van der Waals surface area contributed by atoms with Crippen molar-refractivity contribution in [3.05, 3.63) is 54.6 Å². The van der Waals surface area contributed by atoms with Gasteiger partial charge in [0.05, 0.1) is 72.7 Å². The molecule has 0 bridgehead atoms. The number of terminal acetylenes is 3. The second-order valence-electron chi connectivity index (χ2n) is 9.80. The summed E-state index contributed by atoms with van der Waals surface area (Å²) in [5.41, 5.74) is 1.93. The average molecular weight is 763 g/mol. The molecule has 0 saturated carbocycles. The van der Waals surface area contributed by atoms with E-state index in [1.807, 2.05) is 0 Å². The normalized spacial score (nSPS) is 10.8. The zero-order chi connectivity index (χ0) is 38.8. The van der Waals surface area contributed by atoms with E-state index in [2.05, 4.69) is 38.4 Å². The number of primary sulfonamides is 1. The molecule has 0 atom stereocenters. The fraction of sp³-hybridized carbons (Fsp3) is 0.273. The van der Waals surface area contributed by atoms with Crippen LogP contribution in [-0.4, -0.2) is 91.7 Å². The number of nitrogens with zero attached hydrogens (tertiary/aromatic N) is 1. The highest BCUT2D eigenvalue weighted by atomic mass is 32.2. The number of ether oxygens (including phenoxy) is 3. The number of anilines is 3. The van der Waals surface area contributed by atoms with E-state index in [0.717, 1.165) is 4.31 Å². The van der Waals surface area contributed by atoms with Crippen molar-refractivity contribution in [3.63, 3.8) is 0 Å². The number of methoxy groups -OCH3 is 3. The Balaban J connectivity index is 0.000000383. The fourth-order valence-electron chi connectivity index (χ4n) is 3.72. The minimum atomic E-state index is -3.72. The molecular formula is C33H42N6O9S3. The van der Waals surface area contributed by atoms with E-state index in [-0.39, 0.29) is 14.7 Å². The Morgan fingerprint density at radius 1 is 0.627 bits per heavy atom. The number of rotatable bonds is 14. The molecule has 0 saturated heterocycles. The lowest BCUT2D eigenvalue weighted by Gasteiger charge is -2.14. The summed E-state index contributed by atoms with van der Waals surface area (Å²) in [4.78, 5) is 0.314. The first kappa shape index (κ1) is 43.9. The smallest absolute Gasteiger partial charge is 0.242 e. The Bertz CT molecular complexity index is 2080. The van der Waals surface area contributed by atoms with E-state index in [4.69, 9.17) is 38.6 Å². The predicted octanol–water partition coefficient (Wildman–Crippen LogP) is 2.03. The lowest BCUT2D eigenvalue weighted by Crippen LogP contribution is -2.22. The van der Waals surface area contributed by atoms with Crippen molar-refractivity contribution in [1.29, 1.82) is 0 Å². The highest BCUT2D eigenvalue weighted by Crippen LogP contribution is 2.29. The van der Waals surface area contributed by atoms with Gasteiger partial charge in [0.1, 0.15) is 17.2 Å². The molecule has 3 aromatic carbocycles. The van der Waals surface area contributed by atoms with Gasteiger partial charge in [-0.3, -0.25) is 0 Å². The number of hydrogen-bond acceptors (Lipinski definition) is 12. The van der Waals surface area contributed by atoms with Gasteiger partial charge in [0.15, 0.2) is 0 Å². The Morgan fingerprint density at radius 3 is 1.27 bits per heavy atom. The molecule has 51 heavy (non-hydrogen) atoms. The average Bonchev–Trinajstić information content (AvgIpc) is 3.11. The third-order valence-electron chi connectivity index (χ3n) is 6.35. The van der Waals surface area contributed by atoms with Gasteiger partial charge in [0.25, 0.3) is 0 Å². The monoisotopic (exact) mass is 762 g/mol. The van der Waals surface area contributed by atoms with Gasteiger partial charge in [-0.1, -0.05) is 17.8 Å². The first-order chi connectivity index (χ1) is 24.0. The third kappa shape index (κ3) is 13.3. The van der Waals surface area contributed by atoms with Gasteiger partial charge in [-0.15, -0.1) is 19.3 Å². The molecule has 0 aliphatic rings. The summed E-state index contributed by atoms with van der Waals surface area (Å²) in [6.45, 7) is 1.01. The molecule has 0 aliphatic carbocycles. The number of hydrogen-bond donors (Lipinski definition) is 5. The van der Waals surface area contributed by atoms with E-state index in [1.165, 1.54) is 78.9 Å². The second-order valence-corrected chi connectivity index (χ2v) is 15.4. The number of nitrogens with one attached hydrogen (secondary N) is 4. The lowest BCUT2D eigenvalue weighted by atomic mass is 10.3. The van der Waals surface area contributed by atoms with Crippen molar-refractivity contribution >= 4 is 47.1 Å². The molecule has 18 heteroatoms. The topological polar surface area (TPSA) is 207 Å². The van der Waals surface area contributed by atoms with Gasteiger partial charge in [0.2, 0.25) is 30.1 Å². The molecule has 3 aromatic rings. The number of sulfonamides is 3. The predicted molar refractivity (Wildman–Crippen MR) is 199 cm³/mol. The molecule has 0 heterocycles. The second kappa shape index (κ2) is 20.5. The van der Waals surface area contributed by atoms with Crippen LogP contribution in [0.25, 0.3) is 0 Å². The van der Waals surface area contributed by atoms with Crippen molar-refractivity contribution in [2.24, 2.45) is 5.14 Å². The van der Waals surface area contributed by atoms with Crippen LogP contribution >= 0.6 is 0 Å². The Morgan fingerprint density at radius 2 is 0.961 bits per heavy atom. The molecule has 0 radical (unpaired) electrons. The van der Waals surface area contributed by atoms with Crippen LogP contribution in [0.15, 0.2) is 69.3 Å². The molecule has 0 amide bonds. The van der Waals surface area contributed by atoms with Gasteiger partial charge >= 0.3 is 0 Å². The minimum absolute atomic E-state index is 0.00407. The summed E-state index contributed by atoms with van der Waals surface area (Å²) < 4.78 is 87.9. The van der Waals surface area contributed by atoms with Crippen LogP contribution in [0.1, 0.15) is 0 Å². The van der Waals surface area contributed by atoms with Crippen LogP contribution in [0.2, 0.25) is 0 Å². The Kier molecular flexibility index (Phi) is 17.7. The van der Waals surface area contributed by atoms with Crippen molar-refractivity contribution in [3.8, 4) is 54.3 Å². The lowest BCUT2D eigenvalue weighted by molar-refractivity contribution is 0.415. The van der Waals surface area contributed by atoms with Crippen molar-refractivity contribution in [1.82, 2.24) is 9.03 Å². The summed E-state index contributed by atoms with van der Waals surface area (Å²) in [7, 11) is -1.97. The molecule has 0 aromatic heterocycles. The maximum atomic E-state index is 11.9. The standard InChI is InChI=1S/C12H16N2O3S.C11H14N2O3S.C10H12N2O3S/c1-5-8-13-11-7-6-10(9-12(11)17-4)18(15,16)14(2)3;1-4-7-13-10-6-5-9(8-11(10)16-3)17(14,15)12-2;1-3-6-12-9-5-4-8(16(11,13)14)7-10(9)15-2/h1,6-7,9,13H,8H2,2-4H3;1,5-6,8,12-13H,7H2,2-3H3;1,4-5,7,12H,6H2,2H3,(H2,11,13,14). The summed E-state index contributed by atoms with van der Waals surface area (Å²) in [6, 6.07) is 13.4. The summed E-state index contributed by atoms with van der Waals surface area (Å²) in [6.07, 6.45) is 15.4. The Hall–Kier alpha value is -5.13. The minimum Gasteiger partial charge on any atom is -0.495 e. The third-order valence-corrected chi connectivity index (χ3v) is 10.5. The zero-order valence-electron chi connectivity index (χ0n) is 29.0. The molecular weight excluding hydrogens is 721 g/mol. The summed E-state index contributed by atoms with van der Waals surface area (Å²) in [5.74, 6) is 8.51. The molecule has 276 valence electrons. The largest absolute Gasteiger partial charge is 0.495 e. The molecule has 15 nitrogen and oxygen atoms in total. The van der Waals surface area contributed by atoms with Crippen molar-refractivity contribution in [2.45, 2.75) is 14.7 Å². The maximum Gasteiger partial charge on any atom is 0.242 e. The van der Waals surface area contributed by atoms with Crippen LogP contribution < -0.4 is 40.0 Å². The van der Waals surface area contributed by atoms with Gasteiger partial charge in [-0.25, -0.2) is 39.4 Å². The van der Waals surface area contributed by atoms with Gasteiger partial charge in [-0.2, -0.15) is 0 Å². The molecule has 6 N–H and O–H groups in total. The fourth-order valence-corrected chi connectivity index (χ4v) is 5.92. The Labute approximate surface area is 301 Å². The van der Waals surface area contributed by atoms with Crippen LogP contribution in [0, 0.1) is 37.0 Å². The summed E-state index contributed by atoms with van der Waals surface area (Å²) >= 11 is 0. The number of nitrogens with two attached hydrogens (primary N) is 1. The highest BCUT2D eigenvalue weighted by Gasteiger charge is 2.19. The van der Waals surface area contributed by atoms with Crippen LogP contribution in [0.3, 0.4) is 0 Å². The molecule has 0 unspecified atom stereocenters. The SMILES string of the molecule is C#CCNc1ccc(S(=O)(=O)N(C)C)cc1OC.C#CCNc1ccc(S(=O)(=O)NC)cc1OC.C#CCNc1ccc(S(N)(=O)=O)cc1OC.